The summed E-state index contributed by atoms with van der Waals surface area (Å²) in [5.41, 5.74) is 8.01. The number of aryl methyl sites for hydroxylation is 1. The molecule has 0 unspecified atom stereocenters. The molecule has 0 aliphatic carbocycles. The molecule has 1 heterocycles. The Hall–Kier alpha value is -1.33. The molecule has 19 heavy (non-hydrogen) atoms. The van der Waals surface area contributed by atoms with Crippen molar-refractivity contribution in [3.8, 4) is 5.75 Å². The Morgan fingerprint density at radius 2 is 2.26 bits per heavy atom. The van der Waals surface area contributed by atoms with E-state index in [1.807, 2.05) is 42.2 Å². The van der Waals surface area contributed by atoms with Crippen LogP contribution in [0.25, 0.3) is 0 Å². The van der Waals surface area contributed by atoms with Gasteiger partial charge in [0.05, 0.1) is 6.20 Å². The second kappa shape index (κ2) is 6.21. The van der Waals surface area contributed by atoms with Gasteiger partial charge in [-0.25, -0.2) is 0 Å². The summed E-state index contributed by atoms with van der Waals surface area (Å²) < 4.78 is 8.73. The number of hydrogen-bond donors (Lipinski definition) is 1. The maximum Gasteiger partial charge on any atom is 0.124 e. The minimum absolute atomic E-state index is 0.0640. The minimum atomic E-state index is -0.0640. The standard InChI is InChI=1S/C14H18BrN3O/c1-3-18-8-11(7-17-18)9-19-14-5-4-12(15)6-13(14)10(2)16/h4-8,10H,3,9,16H2,1-2H3/t10-/m0/s1. The molecule has 0 bridgehead atoms. The van der Waals surface area contributed by atoms with E-state index in [0.717, 1.165) is 27.9 Å². The molecule has 2 rings (SSSR count). The molecule has 1 atom stereocenters. The summed E-state index contributed by atoms with van der Waals surface area (Å²) in [4.78, 5) is 0. The third-order valence-corrected chi connectivity index (χ3v) is 3.36. The van der Waals surface area contributed by atoms with Gasteiger partial charge in [0, 0.05) is 34.4 Å². The fourth-order valence-electron chi connectivity index (χ4n) is 1.82. The van der Waals surface area contributed by atoms with E-state index in [-0.39, 0.29) is 6.04 Å². The third kappa shape index (κ3) is 3.58. The zero-order valence-corrected chi connectivity index (χ0v) is 12.7. The number of aromatic nitrogens is 2. The first-order valence-electron chi connectivity index (χ1n) is 6.29. The second-order valence-electron chi connectivity index (χ2n) is 4.46. The van der Waals surface area contributed by atoms with Crippen LogP contribution in [0.3, 0.4) is 0 Å². The van der Waals surface area contributed by atoms with Gasteiger partial charge < -0.3 is 10.5 Å². The fourth-order valence-corrected chi connectivity index (χ4v) is 2.20. The average molecular weight is 324 g/mol. The van der Waals surface area contributed by atoms with E-state index in [2.05, 4.69) is 28.0 Å². The highest BCUT2D eigenvalue weighted by Crippen LogP contribution is 2.28. The van der Waals surface area contributed by atoms with Gasteiger partial charge in [0.15, 0.2) is 0 Å². The normalized spacial score (nSPS) is 12.4. The van der Waals surface area contributed by atoms with E-state index in [1.54, 1.807) is 0 Å². The van der Waals surface area contributed by atoms with E-state index in [1.165, 1.54) is 0 Å². The molecule has 102 valence electrons. The molecule has 0 spiro atoms. The summed E-state index contributed by atoms with van der Waals surface area (Å²) in [5, 5.41) is 4.22. The zero-order valence-electron chi connectivity index (χ0n) is 11.1. The summed E-state index contributed by atoms with van der Waals surface area (Å²) in [5.74, 6) is 0.822. The Morgan fingerprint density at radius 3 is 2.89 bits per heavy atom. The van der Waals surface area contributed by atoms with Gasteiger partial charge in [0.25, 0.3) is 0 Å². The van der Waals surface area contributed by atoms with Gasteiger partial charge >= 0.3 is 0 Å². The number of benzene rings is 1. The lowest BCUT2D eigenvalue weighted by molar-refractivity contribution is 0.301. The van der Waals surface area contributed by atoms with Crippen LogP contribution in [-0.4, -0.2) is 9.78 Å². The predicted octanol–water partition coefficient (Wildman–Crippen LogP) is 3.26. The van der Waals surface area contributed by atoms with Gasteiger partial charge in [-0.2, -0.15) is 5.10 Å². The first kappa shape index (κ1) is 14.1. The molecule has 0 saturated heterocycles. The van der Waals surface area contributed by atoms with Crippen molar-refractivity contribution in [1.82, 2.24) is 9.78 Å². The highest BCUT2D eigenvalue weighted by Gasteiger charge is 2.09. The highest BCUT2D eigenvalue weighted by atomic mass is 79.9. The fraction of sp³-hybridized carbons (Fsp3) is 0.357. The van der Waals surface area contributed by atoms with Crippen LogP contribution in [0.1, 0.15) is 31.0 Å². The zero-order chi connectivity index (χ0) is 13.8. The van der Waals surface area contributed by atoms with Crippen molar-refractivity contribution >= 4 is 15.9 Å². The van der Waals surface area contributed by atoms with Crippen molar-refractivity contribution in [3.05, 3.63) is 46.2 Å². The molecule has 0 aliphatic rings. The topological polar surface area (TPSA) is 53.1 Å². The number of hydrogen-bond acceptors (Lipinski definition) is 3. The van der Waals surface area contributed by atoms with Crippen LogP contribution >= 0.6 is 15.9 Å². The minimum Gasteiger partial charge on any atom is -0.488 e. The van der Waals surface area contributed by atoms with E-state index in [0.29, 0.717) is 6.61 Å². The van der Waals surface area contributed by atoms with Crippen molar-refractivity contribution in [1.29, 1.82) is 0 Å². The molecule has 2 N–H and O–H groups in total. The molecular weight excluding hydrogens is 306 g/mol. The first-order chi connectivity index (χ1) is 9.10. The van der Waals surface area contributed by atoms with E-state index < -0.39 is 0 Å². The maximum atomic E-state index is 5.96. The van der Waals surface area contributed by atoms with E-state index >= 15 is 0 Å². The van der Waals surface area contributed by atoms with E-state index in [9.17, 15) is 0 Å². The number of ether oxygens (including phenoxy) is 1. The van der Waals surface area contributed by atoms with Crippen molar-refractivity contribution in [3.63, 3.8) is 0 Å². The molecule has 0 aliphatic heterocycles. The smallest absolute Gasteiger partial charge is 0.124 e. The van der Waals surface area contributed by atoms with Gasteiger partial charge in [-0.3, -0.25) is 4.68 Å². The number of nitrogens with zero attached hydrogens (tertiary/aromatic N) is 2. The Bertz CT molecular complexity index is 551. The Morgan fingerprint density at radius 1 is 1.47 bits per heavy atom. The van der Waals surface area contributed by atoms with Crippen molar-refractivity contribution in [2.75, 3.05) is 0 Å². The third-order valence-electron chi connectivity index (χ3n) is 2.87. The highest BCUT2D eigenvalue weighted by molar-refractivity contribution is 9.10. The van der Waals surface area contributed by atoms with Crippen LogP contribution in [0, 0.1) is 0 Å². The second-order valence-corrected chi connectivity index (χ2v) is 5.38. The van der Waals surface area contributed by atoms with Gasteiger partial charge in [0.1, 0.15) is 12.4 Å². The van der Waals surface area contributed by atoms with Gasteiger partial charge in [0.2, 0.25) is 0 Å². The lowest BCUT2D eigenvalue weighted by Crippen LogP contribution is -2.08. The molecule has 0 saturated carbocycles. The molecule has 1 aromatic carbocycles. The Balaban J connectivity index is 2.10. The summed E-state index contributed by atoms with van der Waals surface area (Å²) in [6.07, 6.45) is 3.82. The Labute approximate surface area is 121 Å². The summed E-state index contributed by atoms with van der Waals surface area (Å²) >= 11 is 3.45. The van der Waals surface area contributed by atoms with Crippen LogP contribution in [0.4, 0.5) is 0 Å². The van der Waals surface area contributed by atoms with Crippen LogP contribution in [0.15, 0.2) is 35.1 Å². The quantitative estimate of drug-likeness (QED) is 0.918. The lowest BCUT2D eigenvalue weighted by Gasteiger charge is -2.14. The number of nitrogens with two attached hydrogens (primary N) is 1. The maximum absolute atomic E-state index is 5.96. The van der Waals surface area contributed by atoms with Crippen LogP contribution < -0.4 is 10.5 Å². The summed E-state index contributed by atoms with van der Waals surface area (Å²) in [6.45, 7) is 5.37. The summed E-state index contributed by atoms with van der Waals surface area (Å²) in [7, 11) is 0. The lowest BCUT2D eigenvalue weighted by atomic mass is 10.1. The molecule has 0 fully saturated rings. The van der Waals surface area contributed by atoms with Gasteiger partial charge in [-0.15, -0.1) is 0 Å². The predicted molar refractivity (Wildman–Crippen MR) is 79.0 cm³/mol. The largest absolute Gasteiger partial charge is 0.488 e. The van der Waals surface area contributed by atoms with Crippen molar-refractivity contribution < 1.29 is 4.74 Å². The van der Waals surface area contributed by atoms with Crippen LogP contribution in [0.2, 0.25) is 0 Å². The molecule has 5 heteroatoms. The van der Waals surface area contributed by atoms with E-state index in [4.69, 9.17) is 10.5 Å². The van der Waals surface area contributed by atoms with Crippen LogP contribution in [0.5, 0.6) is 5.75 Å². The van der Waals surface area contributed by atoms with Crippen LogP contribution in [-0.2, 0) is 13.2 Å². The van der Waals surface area contributed by atoms with Gasteiger partial charge in [-0.1, -0.05) is 15.9 Å². The first-order valence-corrected chi connectivity index (χ1v) is 7.08. The molecule has 0 amide bonds. The molecular formula is C14H18BrN3O. The number of rotatable bonds is 5. The molecule has 4 nitrogen and oxygen atoms in total. The molecule has 1 aromatic heterocycles. The molecule has 0 radical (unpaired) electrons. The Kier molecular flexibility index (Phi) is 4.61. The number of halogens is 1. The van der Waals surface area contributed by atoms with Crippen molar-refractivity contribution in [2.24, 2.45) is 5.73 Å². The SMILES string of the molecule is CCn1cc(COc2ccc(Br)cc2[C@H](C)N)cn1. The van der Waals surface area contributed by atoms with Gasteiger partial charge in [-0.05, 0) is 32.0 Å². The summed E-state index contributed by atoms with van der Waals surface area (Å²) in [6, 6.07) is 5.82. The van der Waals surface area contributed by atoms with Crippen molar-refractivity contribution in [2.45, 2.75) is 33.0 Å². The monoisotopic (exact) mass is 323 g/mol. The molecule has 2 aromatic rings. The average Bonchev–Trinajstić information content (AvgIpc) is 2.85.